The van der Waals surface area contributed by atoms with E-state index in [1.807, 2.05) is 78.9 Å². The molecule has 0 aromatic heterocycles. The summed E-state index contributed by atoms with van der Waals surface area (Å²) in [6.07, 6.45) is 0. The van der Waals surface area contributed by atoms with Crippen LogP contribution in [0.1, 0.15) is 19.4 Å². The summed E-state index contributed by atoms with van der Waals surface area (Å²) in [6, 6.07) is 24.9. The predicted octanol–water partition coefficient (Wildman–Crippen LogP) is 7.48. The molecule has 2 nitrogen and oxygen atoms in total. The maximum atomic E-state index is 5.94. The molecule has 1 N–H and O–H groups in total. The van der Waals surface area contributed by atoms with Crippen molar-refractivity contribution in [3.8, 4) is 0 Å². The van der Waals surface area contributed by atoms with Gasteiger partial charge in [0.05, 0.1) is 5.69 Å². The summed E-state index contributed by atoms with van der Waals surface area (Å²) < 4.78 is 3.11. The number of amidine groups is 1. The number of halogens is 2. The average molecular weight is 515 g/mol. The van der Waals surface area contributed by atoms with Crippen molar-refractivity contribution >= 4 is 63.3 Å². The maximum absolute atomic E-state index is 5.94. The Hall–Kier alpha value is -1.42. The Morgan fingerprint density at radius 3 is 1.82 bits per heavy atom. The van der Waals surface area contributed by atoms with E-state index in [9.17, 15) is 0 Å². The molecule has 28 heavy (non-hydrogen) atoms. The number of hydrogen-bond donors (Lipinski definition) is 1. The molecule has 3 aromatic carbocycles. The second-order valence-corrected chi connectivity index (χ2v) is 14.9. The van der Waals surface area contributed by atoms with Gasteiger partial charge in [-0.2, -0.15) is 0 Å². The molecular weight excluding hydrogens is 490 g/mol. The van der Waals surface area contributed by atoms with Crippen LogP contribution in [-0.2, 0) is 0 Å². The van der Waals surface area contributed by atoms with Gasteiger partial charge in [-0.3, -0.25) is 0 Å². The van der Waals surface area contributed by atoms with Crippen LogP contribution in [0, 0.1) is 0 Å². The Kier molecular flexibility index (Phi) is 10.6. The summed E-state index contributed by atoms with van der Waals surface area (Å²) >= 11 is 11.8. The van der Waals surface area contributed by atoms with Gasteiger partial charge in [-0.15, -0.1) is 0 Å². The van der Waals surface area contributed by atoms with E-state index in [4.69, 9.17) is 28.2 Å². The molecule has 0 saturated heterocycles. The van der Waals surface area contributed by atoms with Crippen LogP contribution < -0.4 is 5.32 Å². The summed E-state index contributed by atoms with van der Waals surface area (Å²) in [7, 11) is 0. The molecule has 0 spiro atoms. The number of anilines is 1. The first-order valence-electron chi connectivity index (χ1n) is 9.54. The van der Waals surface area contributed by atoms with Crippen molar-refractivity contribution in [2.24, 2.45) is 4.99 Å². The van der Waals surface area contributed by atoms with Crippen molar-refractivity contribution in [2.45, 2.75) is 22.2 Å². The largest absolute Gasteiger partial charge is 0.340 e. The molecule has 3 rings (SSSR count). The molecule has 0 amide bonds. The quantitative estimate of drug-likeness (QED) is 0.277. The van der Waals surface area contributed by atoms with E-state index in [0.717, 1.165) is 22.8 Å². The minimum Gasteiger partial charge on any atom is -0.340 e. The van der Waals surface area contributed by atoms with Crippen molar-refractivity contribution in [3.05, 3.63) is 94.5 Å². The number of benzene rings is 3. The Bertz CT molecular complexity index is 846. The fourth-order valence-electron chi connectivity index (χ4n) is 2.43. The fraction of sp³-hybridized carbons (Fsp3) is 0.174. The monoisotopic (exact) mass is 514 g/mol. The number of nitrogens with one attached hydrogen (secondary N) is 1. The molecule has 0 aliphatic carbocycles. The van der Waals surface area contributed by atoms with Crippen molar-refractivity contribution in [1.29, 1.82) is 0 Å². The number of nitrogens with zero attached hydrogens (tertiary/aromatic N) is 1. The number of hydrogen-bond acceptors (Lipinski definition) is 1. The standard InChI is InChI=1S/C19H14Cl2N2.2C2H5.In.H/c20-15-6-10-17(11-7-15)22-19(14-4-2-1-3-5-14)23-18-12-8-16(21)9-13-18;2*1-2;;/h1-13H,(H,22,23);2*1H2,2H3;;. The molecule has 0 radical (unpaired) electrons. The van der Waals surface area contributed by atoms with Crippen LogP contribution in [0.15, 0.2) is 83.9 Å². The molecule has 0 aliphatic rings. The predicted molar refractivity (Wildman–Crippen MR) is 127 cm³/mol. The Morgan fingerprint density at radius 1 is 0.786 bits per heavy atom. The molecule has 0 bridgehead atoms. The van der Waals surface area contributed by atoms with E-state index in [1.54, 1.807) is 8.35 Å². The van der Waals surface area contributed by atoms with Gasteiger partial charge in [-0.25, -0.2) is 4.99 Å². The van der Waals surface area contributed by atoms with Crippen LogP contribution in [0.3, 0.4) is 0 Å². The minimum absolute atomic E-state index is 0.0578. The van der Waals surface area contributed by atoms with Crippen molar-refractivity contribution < 1.29 is 0 Å². The van der Waals surface area contributed by atoms with E-state index in [1.165, 1.54) is 0 Å². The first kappa shape index (κ1) is 22.9. The minimum atomic E-state index is -0.0578. The zero-order valence-electron chi connectivity index (χ0n) is 16.3. The molecule has 0 saturated carbocycles. The number of rotatable bonds is 5. The van der Waals surface area contributed by atoms with E-state index >= 15 is 0 Å². The molecule has 144 valence electrons. The Morgan fingerprint density at radius 2 is 1.32 bits per heavy atom. The van der Waals surface area contributed by atoms with Gasteiger partial charge in [0.2, 0.25) is 0 Å². The summed E-state index contributed by atoms with van der Waals surface area (Å²) in [5.74, 6) is 0.759. The van der Waals surface area contributed by atoms with E-state index < -0.39 is 0 Å². The molecule has 0 heterocycles. The van der Waals surface area contributed by atoms with Crippen molar-refractivity contribution in [1.82, 2.24) is 0 Å². The molecule has 0 fully saturated rings. The van der Waals surface area contributed by atoms with E-state index in [-0.39, 0.29) is 22.9 Å². The summed E-state index contributed by atoms with van der Waals surface area (Å²) in [6.45, 7) is 4.61. The molecule has 0 unspecified atom stereocenters. The smallest absolute Gasteiger partial charge is 0.138 e. The van der Waals surface area contributed by atoms with E-state index in [2.05, 4.69) is 19.2 Å². The summed E-state index contributed by atoms with van der Waals surface area (Å²) in [4.78, 5) is 4.70. The maximum Gasteiger partial charge on any atom is 0.138 e. The topological polar surface area (TPSA) is 24.4 Å². The SMILES string of the molecule is C[CH2][InH][CH2]C.Clc1ccc(N=C(Nc2ccc(Cl)cc2)c2ccccc2)cc1. The van der Waals surface area contributed by atoms with Gasteiger partial charge in [0.15, 0.2) is 0 Å². The van der Waals surface area contributed by atoms with Crippen LogP contribution in [0.2, 0.25) is 18.4 Å². The Balaban J connectivity index is 0.000000500. The van der Waals surface area contributed by atoms with E-state index in [0.29, 0.717) is 10.0 Å². The van der Waals surface area contributed by atoms with Crippen molar-refractivity contribution in [2.75, 3.05) is 5.32 Å². The zero-order valence-corrected chi connectivity index (χ0v) is 21.9. The van der Waals surface area contributed by atoms with Gasteiger partial charge in [0.1, 0.15) is 5.84 Å². The van der Waals surface area contributed by atoms with Crippen LogP contribution in [0.25, 0.3) is 0 Å². The second-order valence-electron chi connectivity index (χ2n) is 6.29. The number of aliphatic imine (C=N–C) groups is 1. The normalized spacial score (nSPS) is 10.6. The Labute approximate surface area is 189 Å². The zero-order chi connectivity index (χ0) is 20.2. The third kappa shape index (κ3) is 8.30. The molecule has 0 aliphatic heterocycles. The molecule has 5 heteroatoms. The fourth-order valence-corrected chi connectivity index (χ4v) is 4.70. The van der Waals surface area contributed by atoms with Crippen LogP contribution in [-0.4, -0.2) is 28.7 Å². The van der Waals surface area contributed by atoms with Crippen molar-refractivity contribution in [3.63, 3.8) is 0 Å². The third-order valence-electron chi connectivity index (χ3n) is 3.93. The summed E-state index contributed by atoms with van der Waals surface area (Å²) in [5.41, 5.74) is 2.75. The third-order valence-corrected chi connectivity index (χ3v) is 8.47. The first-order chi connectivity index (χ1) is 13.6. The van der Waals surface area contributed by atoms with Crippen LogP contribution >= 0.6 is 23.2 Å². The summed E-state index contributed by atoms with van der Waals surface area (Å²) in [5, 5.41) is 4.74. The van der Waals surface area contributed by atoms with Crippen LogP contribution in [0.5, 0.6) is 0 Å². The second kappa shape index (κ2) is 12.9. The molecule has 3 aromatic rings. The van der Waals surface area contributed by atoms with Gasteiger partial charge < -0.3 is 5.32 Å². The molecule has 0 atom stereocenters. The average Bonchev–Trinajstić information content (AvgIpc) is 2.72. The van der Waals surface area contributed by atoms with Gasteiger partial charge in [-0.1, -0.05) is 53.5 Å². The molecular formula is C23H25Cl2InN2. The van der Waals surface area contributed by atoms with Gasteiger partial charge in [0, 0.05) is 21.3 Å². The van der Waals surface area contributed by atoms with Crippen LogP contribution in [0.4, 0.5) is 11.4 Å². The van der Waals surface area contributed by atoms with Gasteiger partial charge in [-0.05, 0) is 48.5 Å². The first-order valence-corrected chi connectivity index (χ1v) is 16.0. The van der Waals surface area contributed by atoms with Gasteiger partial charge in [0.25, 0.3) is 0 Å². The van der Waals surface area contributed by atoms with Gasteiger partial charge >= 0.3 is 45.1 Å².